The summed E-state index contributed by atoms with van der Waals surface area (Å²) in [5.74, 6) is 3.27. The van der Waals surface area contributed by atoms with Gasteiger partial charge in [0, 0.05) is 13.6 Å². The highest BCUT2D eigenvalue weighted by atomic mass is 16.5. The van der Waals surface area contributed by atoms with Crippen molar-refractivity contribution in [2.45, 2.75) is 13.1 Å². The summed E-state index contributed by atoms with van der Waals surface area (Å²) in [7, 11) is 6.51. The number of aromatic nitrogens is 2. The van der Waals surface area contributed by atoms with E-state index in [2.05, 4.69) is 25.6 Å². The van der Waals surface area contributed by atoms with Crippen LogP contribution >= 0.6 is 0 Å². The minimum Gasteiger partial charge on any atom is -0.493 e. The maximum atomic E-state index is 5.41. The van der Waals surface area contributed by atoms with E-state index in [1.54, 1.807) is 28.4 Å². The van der Waals surface area contributed by atoms with Gasteiger partial charge in [-0.25, -0.2) is 4.98 Å². The molecule has 0 saturated heterocycles. The van der Waals surface area contributed by atoms with Crippen LogP contribution in [0.3, 0.4) is 0 Å². The number of nitrogens with zero attached hydrogens (tertiary/aromatic N) is 2. The van der Waals surface area contributed by atoms with Gasteiger partial charge in [-0.05, 0) is 23.3 Å². The van der Waals surface area contributed by atoms with Gasteiger partial charge >= 0.3 is 0 Å². The lowest BCUT2D eigenvalue weighted by Gasteiger charge is -2.15. The minimum atomic E-state index is 0.516. The van der Waals surface area contributed by atoms with Crippen molar-refractivity contribution >= 4 is 5.96 Å². The molecular weight excluding hydrogens is 382 g/mol. The average molecular weight is 409 g/mol. The first-order valence-corrected chi connectivity index (χ1v) is 9.51. The molecule has 0 aliphatic rings. The number of methoxy groups -OCH3 is 3. The molecule has 0 saturated carbocycles. The summed E-state index contributed by atoms with van der Waals surface area (Å²) < 4.78 is 16.2. The first-order chi connectivity index (χ1) is 14.7. The molecule has 3 aromatic rings. The molecule has 3 N–H and O–H groups in total. The van der Waals surface area contributed by atoms with E-state index in [1.807, 2.05) is 48.7 Å². The fourth-order valence-corrected chi connectivity index (χ4v) is 3.03. The Kier molecular flexibility index (Phi) is 7.15. The third-order valence-corrected chi connectivity index (χ3v) is 4.54. The molecule has 0 spiro atoms. The van der Waals surface area contributed by atoms with E-state index in [-0.39, 0.29) is 0 Å². The van der Waals surface area contributed by atoms with Crippen LogP contribution in [0.1, 0.15) is 11.4 Å². The molecule has 1 aromatic heterocycles. The molecule has 2 aromatic carbocycles. The fraction of sp³-hybridized carbons (Fsp3) is 0.273. The lowest BCUT2D eigenvalue weighted by Crippen LogP contribution is -2.36. The standard InChI is InChI=1S/C22H27N5O3/c1-23-22(25-12-15-10-18(28-2)21(30-4)19(11-15)29-3)26-14-20-24-13-17(27-20)16-8-6-5-7-9-16/h5-11,13H,12,14H2,1-4H3,(H,24,27)(H2,23,25,26). The molecule has 0 unspecified atom stereocenters. The number of nitrogens with one attached hydrogen (secondary N) is 3. The van der Waals surface area contributed by atoms with Crippen LogP contribution < -0.4 is 24.8 Å². The molecule has 0 aliphatic heterocycles. The number of benzene rings is 2. The normalized spacial score (nSPS) is 11.1. The monoisotopic (exact) mass is 409 g/mol. The average Bonchev–Trinajstić information content (AvgIpc) is 3.28. The molecule has 0 amide bonds. The van der Waals surface area contributed by atoms with Gasteiger partial charge in [0.05, 0.1) is 39.8 Å². The van der Waals surface area contributed by atoms with Gasteiger partial charge in [-0.2, -0.15) is 0 Å². The molecule has 0 fully saturated rings. The zero-order chi connectivity index (χ0) is 21.3. The molecule has 158 valence electrons. The Hall–Kier alpha value is -3.68. The maximum Gasteiger partial charge on any atom is 0.203 e. The first kappa shape index (κ1) is 21.0. The van der Waals surface area contributed by atoms with Crippen LogP contribution in [-0.2, 0) is 13.1 Å². The molecule has 0 bridgehead atoms. The summed E-state index contributed by atoms with van der Waals surface area (Å²) in [4.78, 5) is 12.0. The molecule has 0 radical (unpaired) electrons. The van der Waals surface area contributed by atoms with E-state index in [1.165, 1.54) is 0 Å². The Balaban J connectivity index is 1.60. The summed E-state index contributed by atoms with van der Waals surface area (Å²) in [6, 6.07) is 13.9. The smallest absolute Gasteiger partial charge is 0.203 e. The van der Waals surface area contributed by atoms with Crippen molar-refractivity contribution in [3.63, 3.8) is 0 Å². The van der Waals surface area contributed by atoms with Gasteiger partial charge in [0.25, 0.3) is 0 Å². The van der Waals surface area contributed by atoms with Gasteiger partial charge in [0.15, 0.2) is 17.5 Å². The SMILES string of the molecule is CN=C(NCc1cc(OC)c(OC)c(OC)c1)NCc1ncc(-c2ccccc2)[nH]1. The van der Waals surface area contributed by atoms with E-state index < -0.39 is 0 Å². The van der Waals surface area contributed by atoms with E-state index in [0.29, 0.717) is 36.3 Å². The van der Waals surface area contributed by atoms with Gasteiger partial charge < -0.3 is 29.8 Å². The van der Waals surface area contributed by atoms with Crippen molar-refractivity contribution < 1.29 is 14.2 Å². The van der Waals surface area contributed by atoms with Crippen molar-refractivity contribution in [3.8, 4) is 28.5 Å². The highest BCUT2D eigenvalue weighted by molar-refractivity contribution is 5.79. The quantitative estimate of drug-likeness (QED) is 0.391. The molecule has 0 atom stereocenters. The Bertz CT molecular complexity index is 960. The number of ether oxygens (including phenoxy) is 3. The second-order valence-corrected chi connectivity index (χ2v) is 6.42. The summed E-state index contributed by atoms with van der Waals surface area (Å²) in [6.07, 6.45) is 1.83. The molecular formula is C22H27N5O3. The molecule has 30 heavy (non-hydrogen) atoms. The molecule has 1 heterocycles. The van der Waals surface area contributed by atoms with Gasteiger partial charge in [0.2, 0.25) is 5.75 Å². The van der Waals surface area contributed by atoms with Crippen molar-refractivity contribution in [3.05, 3.63) is 60.0 Å². The van der Waals surface area contributed by atoms with Crippen molar-refractivity contribution in [1.82, 2.24) is 20.6 Å². The largest absolute Gasteiger partial charge is 0.493 e. The summed E-state index contributed by atoms with van der Waals surface area (Å²) in [6.45, 7) is 1.05. The van der Waals surface area contributed by atoms with Gasteiger partial charge in [-0.1, -0.05) is 30.3 Å². The van der Waals surface area contributed by atoms with E-state index in [4.69, 9.17) is 14.2 Å². The number of imidazole rings is 1. The lowest BCUT2D eigenvalue weighted by atomic mass is 10.2. The van der Waals surface area contributed by atoms with E-state index >= 15 is 0 Å². The lowest BCUT2D eigenvalue weighted by molar-refractivity contribution is 0.323. The molecule has 8 heteroatoms. The minimum absolute atomic E-state index is 0.516. The van der Waals surface area contributed by atoms with Crippen LogP contribution in [0.2, 0.25) is 0 Å². The highest BCUT2D eigenvalue weighted by Gasteiger charge is 2.13. The van der Waals surface area contributed by atoms with Crippen LogP contribution in [0.5, 0.6) is 17.2 Å². The second kappa shape index (κ2) is 10.2. The second-order valence-electron chi connectivity index (χ2n) is 6.42. The number of hydrogen-bond donors (Lipinski definition) is 3. The third kappa shape index (κ3) is 5.02. The van der Waals surface area contributed by atoms with Crippen LogP contribution in [0.25, 0.3) is 11.3 Å². The van der Waals surface area contributed by atoms with Crippen molar-refractivity contribution in [2.24, 2.45) is 4.99 Å². The van der Waals surface area contributed by atoms with Crippen LogP contribution in [-0.4, -0.2) is 44.3 Å². The zero-order valence-electron chi connectivity index (χ0n) is 17.7. The summed E-state index contributed by atoms with van der Waals surface area (Å²) in [5.41, 5.74) is 3.05. The topological polar surface area (TPSA) is 92.8 Å². The van der Waals surface area contributed by atoms with Crippen molar-refractivity contribution in [1.29, 1.82) is 0 Å². The Labute approximate surface area is 176 Å². The summed E-state index contributed by atoms with van der Waals surface area (Å²) in [5, 5.41) is 6.54. The first-order valence-electron chi connectivity index (χ1n) is 9.51. The number of aliphatic imine (C=N–C) groups is 1. The summed E-state index contributed by atoms with van der Waals surface area (Å²) >= 11 is 0. The maximum absolute atomic E-state index is 5.41. The van der Waals surface area contributed by atoms with Gasteiger partial charge in [-0.3, -0.25) is 4.99 Å². The number of H-pyrrole nitrogens is 1. The number of rotatable bonds is 8. The predicted molar refractivity (Wildman–Crippen MR) is 117 cm³/mol. The molecule has 0 aliphatic carbocycles. The number of hydrogen-bond acceptors (Lipinski definition) is 5. The number of aromatic amines is 1. The third-order valence-electron chi connectivity index (χ3n) is 4.54. The van der Waals surface area contributed by atoms with Crippen molar-refractivity contribution in [2.75, 3.05) is 28.4 Å². The van der Waals surface area contributed by atoms with E-state index in [9.17, 15) is 0 Å². The Morgan fingerprint density at radius 1 is 0.967 bits per heavy atom. The fourth-order valence-electron chi connectivity index (χ4n) is 3.03. The van der Waals surface area contributed by atoms with Crippen LogP contribution in [0.15, 0.2) is 53.7 Å². The van der Waals surface area contributed by atoms with Crippen LogP contribution in [0.4, 0.5) is 0 Å². The van der Waals surface area contributed by atoms with Gasteiger partial charge in [0.1, 0.15) is 5.82 Å². The Morgan fingerprint density at radius 2 is 1.63 bits per heavy atom. The molecule has 3 rings (SSSR count). The predicted octanol–water partition coefficient (Wildman–Crippen LogP) is 2.97. The number of guanidine groups is 1. The van der Waals surface area contributed by atoms with E-state index in [0.717, 1.165) is 22.6 Å². The van der Waals surface area contributed by atoms with Crippen LogP contribution in [0, 0.1) is 0 Å². The van der Waals surface area contributed by atoms with Gasteiger partial charge in [-0.15, -0.1) is 0 Å². The Morgan fingerprint density at radius 3 is 2.23 bits per heavy atom. The zero-order valence-corrected chi connectivity index (χ0v) is 17.7. The highest BCUT2D eigenvalue weighted by Crippen LogP contribution is 2.38. The molecule has 8 nitrogen and oxygen atoms in total.